The minimum absolute atomic E-state index is 0.0263. The van der Waals surface area contributed by atoms with Crippen LogP contribution in [-0.4, -0.2) is 54.3 Å². The van der Waals surface area contributed by atoms with Gasteiger partial charge in [0.15, 0.2) is 0 Å². The number of aromatic amines is 1. The number of hydrogen-bond donors (Lipinski definition) is 1. The molecule has 7 heteroatoms. The van der Waals surface area contributed by atoms with Crippen molar-refractivity contribution in [1.82, 2.24) is 14.9 Å². The number of imidazole rings is 1. The van der Waals surface area contributed by atoms with Crippen molar-refractivity contribution in [2.24, 2.45) is 0 Å². The Hall–Kier alpha value is -2.54. The number of carbonyl (C=O) groups excluding carboxylic acids is 1. The van der Waals surface area contributed by atoms with Gasteiger partial charge in [-0.3, -0.25) is 4.79 Å². The average Bonchev–Trinajstić information content (AvgIpc) is 3.31. The molecular formula is C18H23N3O4. The second kappa shape index (κ2) is 8.02. The number of aromatic nitrogens is 2. The largest absolute Gasteiger partial charge is 0.497 e. The highest BCUT2D eigenvalue weighted by Gasteiger charge is 2.37. The Morgan fingerprint density at radius 3 is 2.92 bits per heavy atom. The van der Waals surface area contributed by atoms with Gasteiger partial charge in [0.05, 0.1) is 32.3 Å². The molecule has 1 aliphatic rings. The zero-order valence-corrected chi connectivity index (χ0v) is 14.5. The standard InChI is InChI=1S/C18H23N3O4/c1-23-13-4-3-5-14(10-13)25-9-6-17(22)21-12-15(24-2)11-16(21)18-19-7-8-20-18/h3-5,7-8,10,15-16H,6,9,11-12H2,1-2H3,(H,19,20)/t15-,16?/m1/s1. The van der Waals surface area contributed by atoms with E-state index in [0.29, 0.717) is 25.3 Å². The Morgan fingerprint density at radius 1 is 1.36 bits per heavy atom. The third-order valence-corrected chi connectivity index (χ3v) is 4.38. The molecule has 25 heavy (non-hydrogen) atoms. The highest BCUT2D eigenvalue weighted by molar-refractivity contribution is 5.77. The normalized spacial score (nSPS) is 19.8. The van der Waals surface area contributed by atoms with Crippen LogP contribution in [0.2, 0.25) is 0 Å². The molecule has 1 aromatic carbocycles. The van der Waals surface area contributed by atoms with Gasteiger partial charge in [-0.15, -0.1) is 0 Å². The maximum absolute atomic E-state index is 12.6. The van der Waals surface area contributed by atoms with Gasteiger partial charge in [0.1, 0.15) is 17.3 Å². The number of benzene rings is 1. The van der Waals surface area contributed by atoms with Crippen LogP contribution >= 0.6 is 0 Å². The van der Waals surface area contributed by atoms with E-state index in [1.54, 1.807) is 32.7 Å². The number of H-pyrrole nitrogens is 1. The molecule has 3 rings (SSSR count). The lowest BCUT2D eigenvalue weighted by Gasteiger charge is -2.23. The van der Waals surface area contributed by atoms with Crippen LogP contribution in [0.5, 0.6) is 11.5 Å². The maximum Gasteiger partial charge on any atom is 0.226 e. The van der Waals surface area contributed by atoms with Crippen molar-refractivity contribution in [2.45, 2.75) is 25.0 Å². The molecule has 0 radical (unpaired) electrons. The van der Waals surface area contributed by atoms with E-state index in [1.807, 2.05) is 23.1 Å². The second-order valence-corrected chi connectivity index (χ2v) is 5.91. The molecule has 0 aliphatic carbocycles. The van der Waals surface area contributed by atoms with Crippen LogP contribution in [0.25, 0.3) is 0 Å². The Kier molecular flexibility index (Phi) is 5.55. The molecule has 2 atom stereocenters. The smallest absolute Gasteiger partial charge is 0.226 e. The van der Waals surface area contributed by atoms with Crippen LogP contribution in [0.1, 0.15) is 24.7 Å². The predicted octanol–water partition coefficient (Wildman–Crippen LogP) is 2.18. The summed E-state index contributed by atoms with van der Waals surface area (Å²) in [5, 5.41) is 0. The highest BCUT2D eigenvalue weighted by atomic mass is 16.5. The summed E-state index contributed by atoms with van der Waals surface area (Å²) in [6, 6.07) is 7.26. The summed E-state index contributed by atoms with van der Waals surface area (Å²) >= 11 is 0. The number of nitrogens with one attached hydrogen (secondary N) is 1. The van der Waals surface area contributed by atoms with E-state index in [4.69, 9.17) is 14.2 Å². The molecule has 1 unspecified atom stereocenters. The molecule has 7 nitrogen and oxygen atoms in total. The fourth-order valence-corrected chi connectivity index (χ4v) is 3.05. The maximum atomic E-state index is 12.6. The number of methoxy groups -OCH3 is 2. The van der Waals surface area contributed by atoms with Crippen LogP contribution in [0, 0.1) is 0 Å². The van der Waals surface area contributed by atoms with Gasteiger partial charge in [0.25, 0.3) is 0 Å². The van der Waals surface area contributed by atoms with Crippen molar-refractivity contribution in [1.29, 1.82) is 0 Å². The van der Waals surface area contributed by atoms with Gasteiger partial charge in [0.2, 0.25) is 5.91 Å². The van der Waals surface area contributed by atoms with Gasteiger partial charge < -0.3 is 24.1 Å². The van der Waals surface area contributed by atoms with Gasteiger partial charge >= 0.3 is 0 Å². The summed E-state index contributed by atoms with van der Waals surface area (Å²) in [5.41, 5.74) is 0. The van der Waals surface area contributed by atoms with Crippen molar-refractivity contribution < 1.29 is 19.0 Å². The molecule has 1 aliphatic heterocycles. The number of rotatable bonds is 7. The first-order valence-electron chi connectivity index (χ1n) is 8.29. The van der Waals surface area contributed by atoms with E-state index in [1.165, 1.54) is 0 Å². The molecule has 2 heterocycles. The van der Waals surface area contributed by atoms with Gasteiger partial charge in [-0.25, -0.2) is 4.98 Å². The number of ether oxygens (including phenoxy) is 3. The number of nitrogens with zero attached hydrogens (tertiary/aromatic N) is 2. The van der Waals surface area contributed by atoms with Gasteiger partial charge in [0, 0.05) is 38.5 Å². The SMILES string of the molecule is COc1cccc(OCCC(=O)N2C[C@H](OC)CC2c2ncc[nH]2)c1. The molecule has 1 aromatic heterocycles. The Morgan fingerprint density at radius 2 is 2.20 bits per heavy atom. The van der Waals surface area contributed by atoms with E-state index in [9.17, 15) is 4.79 Å². The molecular weight excluding hydrogens is 322 g/mol. The van der Waals surface area contributed by atoms with Crippen molar-refractivity contribution in [2.75, 3.05) is 27.4 Å². The fourth-order valence-electron chi connectivity index (χ4n) is 3.05. The molecule has 1 amide bonds. The van der Waals surface area contributed by atoms with Crippen LogP contribution in [0.4, 0.5) is 0 Å². The Balaban J connectivity index is 1.57. The zero-order chi connectivity index (χ0) is 17.6. The van der Waals surface area contributed by atoms with Crippen molar-refractivity contribution >= 4 is 5.91 Å². The minimum atomic E-state index is -0.0794. The highest BCUT2D eigenvalue weighted by Crippen LogP contribution is 2.32. The molecule has 134 valence electrons. The fraction of sp³-hybridized carbons (Fsp3) is 0.444. The average molecular weight is 345 g/mol. The minimum Gasteiger partial charge on any atom is -0.497 e. The van der Waals surface area contributed by atoms with Gasteiger partial charge in [-0.05, 0) is 12.1 Å². The number of amides is 1. The first-order chi connectivity index (χ1) is 12.2. The first kappa shape index (κ1) is 17.3. The lowest BCUT2D eigenvalue weighted by molar-refractivity contribution is -0.133. The van der Waals surface area contributed by atoms with Crippen LogP contribution in [-0.2, 0) is 9.53 Å². The first-order valence-corrected chi connectivity index (χ1v) is 8.29. The van der Waals surface area contributed by atoms with Crippen LogP contribution < -0.4 is 9.47 Å². The molecule has 1 N–H and O–H groups in total. The third kappa shape index (κ3) is 4.11. The molecule has 0 bridgehead atoms. The molecule has 0 spiro atoms. The lowest BCUT2D eigenvalue weighted by Crippen LogP contribution is -2.33. The number of likely N-dealkylation sites (tertiary alicyclic amines) is 1. The monoisotopic (exact) mass is 345 g/mol. The summed E-state index contributed by atoms with van der Waals surface area (Å²) < 4.78 is 16.3. The van der Waals surface area contributed by atoms with Crippen molar-refractivity contribution in [3.8, 4) is 11.5 Å². The third-order valence-electron chi connectivity index (χ3n) is 4.38. The topological polar surface area (TPSA) is 76.7 Å². The van der Waals surface area contributed by atoms with E-state index in [0.717, 1.165) is 18.0 Å². The summed E-state index contributed by atoms with van der Waals surface area (Å²) in [7, 11) is 3.28. The molecule has 0 saturated carbocycles. The number of hydrogen-bond acceptors (Lipinski definition) is 5. The summed E-state index contributed by atoms with van der Waals surface area (Å²) in [6.07, 6.45) is 4.53. The Bertz CT molecular complexity index is 689. The van der Waals surface area contributed by atoms with Crippen molar-refractivity contribution in [3.05, 3.63) is 42.5 Å². The second-order valence-electron chi connectivity index (χ2n) is 5.91. The molecule has 1 saturated heterocycles. The molecule has 1 fully saturated rings. The van der Waals surface area contributed by atoms with E-state index in [2.05, 4.69) is 9.97 Å². The van der Waals surface area contributed by atoms with Gasteiger partial charge in [-0.1, -0.05) is 6.07 Å². The summed E-state index contributed by atoms with van der Waals surface area (Å²) in [6.45, 7) is 0.880. The molecule has 2 aromatic rings. The zero-order valence-electron chi connectivity index (χ0n) is 14.5. The predicted molar refractivity (Wildman–Crippen MR) is 91.6 cm³/mol. The number of carbonyl (C=O) groups is 1. The lowest BCUT2D eigenvalue weighted by atomic mass is 10.2. The van der Waals surface area contributed by atoms with E-state index in [-0.39, 0.29) is 18.1 Å². The van der Waals surface area contributed by atoms with Crippen LogP contribution in [0.3, 0.4) is 0 Å². The quantitative estimate of drug-likeness (QED) is 0.832. The Labute approximate surface area is 146 Å². The van der Waals surface area contributed by atoms with E-state index < -0.39 is 0 Å². The van der Waals surface area contributed by atoms with Crippen LogP contribution in [0.15, 0.2) is 36.7 Å². The van der Waals surface area contributed by atoms with E-state index >= 15 is 0 Å². The van der Waals surface area contributed by atoms with Gasteiger partial charge in [-0.2, -0.15) is 0 Å². The van der Waals surface area contributed by atoms with Crippen molar-refractivity contribution in [3.63, 3.8) is 0 Å². The summed E-state index contributed by atoms with van der Waals surface area (Å²) in [4.78, 5) is 21.9. The summed E-state index contributed by atoms with van der Waals surface area (Å²) in [5.74, 6) is 2.24.